The Labute approximate surface area is 63.6 Å². The van der Waals surface area contributed by atoms with Crippen molar-refractivity contribution in [3.63, 3.8) is 0 Å². The van der Waals surface area contributed by atoms with Crippen molar-refractivity contribution >= 4 is 5.97 Å². The predicted octanol–water partition coefficient (Wildman–Crippen LogP) is 0.658. The van der Waals surface area contributed by atoms with E-state index in [1.54, 1.807) is 6.92 Å². The number of carboxylic acids is 1. The average Bonchev–Trinajstić information content (AvgIpc) is 1.86. The van der Waals surface area contributed by atoms with Gasteiger partial charge in [0.05, 0.1) is 6.54 Å². The molecule has 5 heteroatoms. The molecule has 0 aromatic heterocycles. The van der Waals surface area contributed by atoms with Gasteiger partial charge in [-0.05, 0) is 13.6 Å². The van der Waals surface area contributed by atoms with Crippen molar-refractivity contribution in [3.05, 3.63) is 0 Å². The van der Waals surface area contributed by atoms with Crippen LogP contribution in [0.15, 0.2) is 0 Å². The van der Waals surface area contributed by atoms with Gasteiger partial charge in [-0.3, -0.25) is 0 Å². The Morgan fingerprint density at radius 1 is 1.64 bits per heavy atom. The number of carboxylic acid groups (broad SMARTS) is 1. The van der Waals surface area contributed by atoms with Crippen LogP contribution in [0.2, 0.25) is 0 Å². The Kier molecular flexibility index (Phi) is 3.38. The van der Waals surface area contributed by atoms with E-state index < -0.39 is 18.4 Å². The quantitative estimate of drug-likeness (QED) is 0.668. The van der Waals surface area contributed by atoms with Gasteiger partial charge in [-0.15, -0.1) is 0 Å². The number of halogens is 2. The number of nitrogens with zero attached hydrogens (tertiary/aromatic N) is 1. The van der Waals surface area contributed by atoms with Crippen molar-refractivity contribution in [2.45, 2.75) is 12.8 Å². The number of hydrogen-bond donors (Lipinski definition) is 1. The Hall–Kier alpha value is -0.710. The zero-order valence-corrected chi connectivity index (χ0v) is 6.47. The third-order valence-electron chi connectivity index (χ3n) is 1.32. The molecule has 0 fully saturated rings. The van der Waals surface area contributed by atoms with Gasteiger partial charge >= 0.3 is 11.9 Å². The summed E-state index contributed by atoms with van der Waals surface area (Å²) in [6, 6.07) is 0. The Bertz CT molecular complexity index is 150. The SMILES string of the molecule is CCN(C)CC(F)(F)C(=O)O. The van der Waals surface area contributed by atoms with Crippen LogP contribution in [0.25, 0.3) is 0 Å². The van der Waals surface area contributed by atoms with Crippen LogP contribution < -0.4 is 0 Å². The normalized spacial score (nSPS) is 12.1. The Morgan fingerprint density at radius 2 is 2.09 bits per heavy atom. The van der Waals surface area contributed by atoms with Crippen LogP contribution in [-0.4, -0.2) is 42.0 Å². The van der Waals surface area contributed by atoms with Gasteiger partial charge in [0.15, 0.2) is 0 Å². The molecule has 0 rings (SSSR count). The molecule has 0 aromatic rings. The van der Waals surface area contributed by atoms with Crippen LogP contribution in [0.1, 0.15) is 6.92 Å². The lowest BCUT2D eigenvalue weighted by molar-refractivity contribution is -0.166. The van der Waals surface area contributed by atoms with Crippen LogP contribution >= 0.6 is 0 Å². The topological polar surface area (TPSA) is 40.5 Å². The minimum atomic E-state index is -3.63. The van der Waals surface area contributed by atoms with Gasteiger partial charge in [0.2, 0.25) is 0 Å². The maximum absolute atomic E-state index is 12.3. The van der Waals surface area contributed by atoms with Gasteiger partial charge in [-0.25, -0.2) is 4.79 Å². The van der Waals surface area contributed by atoms with E-state index in [0.29, 0.717) is 6.54 Å². The second-order valence-corrected chi connectivity index (χ2v) is 2.34. The summed E-state index contributed by atoms with van der Waals surface area (Å²) in [6.07, 6.45) is 0. The first kappa shape index (κ1) is 10.3. The highest BCUT2D eigenvalue weighted by Crippen LogP contribution is 2.14. The molecule has 0 saturated carbocycles. The molecule has 0 aliphatic heterocycles. The number of hydrogen-bond acceptors (Lipinski definition) is 2. The van der Waals surface area contributed by atoms with Gasteiger partial charge < -0.3 is 10.0 Å². The molecule has 0 radical (unpaired) electrons. The van der Waals surface area contributed by atoms with Gasteiger partial charge in [-0.1, -0.05) is 6.92 Å². The van der Waals surface area contributed by atoms with E-state index in [4.69, 9.17) is 5.11 Å². The summed E-state index contributed by atoms with van der Waals surface area (Å²) < 4.78 is 24.7. The minimum Gasteiger partial charge on any atom is -0.477 e. The number of rotatable bonds is 4. The first-order valence-corrected chi connectivity index (χ1v) is 3.20. The number of carbonyl (C=O) groups is 1. The molecule has 0 saturated heterocycles. The fourth-order valence-electron chi connectivity index (χ4n) is 0.518. The maximum atomic E-state index is 12.3. The largest absolute Gasteiger partial charge is 0.477 e. The summed E-state index contributed by atoms with van der Waals surface area (Å²) in [5.41, 5.74) is 0. The first-order chi connectivity index (χ1) is 4.90. The fourth-order valence-corrected chi connectivity index (χ4v) is 0.518. The van der Waals surface area contributed by atoms with E-state index in [2.05, 4.69) is 0 Å². The monoisotopic (exact) mass is 167 g/mol. The molecular formula is C6H11F2NO2. The molecule has 0 unspecified atom stereocenters. The molecular weight excluding hydrogens is 156 g/mol. The summed E-state index contributed by atoms with van der Waals surface area (Å²) in [5.74, 6) is -5.71. The molecule has 0 aliphatic rings. The summed E-state index contributed by atoms with van der Waals surface area (Å²) in [6.45, 7) is 1.35. The van der Waals surface area contributed by atoms with Crippen LogP contribution in [0, 0.1) is 0 Å². The fraction of sp³-hybridized carbons (Fsp3) is 0.833. The molecule has 0 aromatic carbocycles. The second kappa shape index (κ2) is 3.61. The van der Waals surface area contributed by atoms with Crippen molar-refractivity contribution < 1.29 is 18.7 Å². The van der Waals surface area contributed by atoms with Crippen LogP contribution in [0.5, 0.6) is 0 Å². The van der Waals surface area contributed by atoms with Crippen LogP contribution in [0.3, 0.4) is 0 Å². The minimum absolute atomic E-state index is 0.406. The van der Waals surface area contributed by atoms with E-state index >= 15 is 0 Å². The smallest absolute Gasteiger partial charge is 0.375 e. The van der Waals surface area contributed by atoms with Crippen molar-refractivity contribution in [2.75, 3.05) is 20.1 Å². The molecule has 11 heavy (non-hydrogen) atoms. The zero-order chi connectivity index (χ0) is 9.07. The van der Waals surface area contributed by atoms with E-state index in [0.717, 1.165) is 0 Å². The summed E-state index contributed by atoms with van der Waals surface area (Å²) >= 11 is 0. The third kappa shape index (κ3) is 3.27. The van der Waals surface area contributed by atoms with Crippen molar-refractivity contribution in [3.8, 4) is 0 Å². The van der Waals surface area contributed by atoms with Gasteiger partial charge in [-0.2, -0.15) is 8.78 Å². The third-order valence-corrected chi connectivity index (χ3v) is 1.32. The summed E-state index contributed by atoms with van der Waals surface area (Å²) in [7, 11) is 1.44. The van der Waals surface area contributed by atoms with E-state index in [-0.39, 0.29) is 0 Å². The highest BCUT2D eigenvalue weighted by atomic mass is 19.3. The molecule has 1 N–H and O–H groups in total. The standard InChI is InChI=1S/C6H11F2NO2/c1-3-9(2)4-6(7,8)5(10)11/h3-4H2,1-2H3,(H,10,11). The molecule has 66 valence electrons. The first-order valence-electron chi connectivity index (χ1n) is 3.20. The lowest BCUT2D eigenvalue weighted by Gasteiger charge is -2.18. The summed E-state index contributed by atoms with van der Waals surface area (Å²) in [5, 5.41) is 8.01. The predicted molar refractivity (Wildman–Crippen MR) is 35.8 cm³/mol. The highest BCUT2D eigenvalue weighted by Gasteiger charge is 2.39. The number of alkyl halides is 2. The average molecular weight is 167 g/mol. The number of aliphatic carboxylic acids is 1. The highest BCUT2D eigenvalue weighted by molar-refractivity contribution is 5.75. The molecule has 0 amide bonds. The zero-order valence-electron chi connectivity index (χ0n) is 6.47. The van der Waals surface area contributed by atoms with E-state index in [1.807, 2.05) is 0 Å². The van der Waals surface area contributed by atoms with Crippen molar-refractivity contribution in [1.82, 2.24) is 4.90 Å². The molecule has 0 aliphatic carbocycles. The van der Waals surface area contributed by atoms with Crippen molar-refractivity contribution in [2.24, 2.45) is 0 Å². The van der Waals surface area contributed by atoms with Gasteiger partial charge in [0, 0.05) is 0 Å². The Morgan fingerprint density at radius 3 is 2.36 bits per heavy atom. The van der Waals surface area contributed by atoms with Crippen LogP contribution in [0.4, 0.5) is 8.78 Å². The lowest BCUT2D eigenvalue weighted by Crippen LogP contribution is -2.40. The molecule has 0 spiro atoms. The molecule has 0 atom stereocenters. The summed E-state index contributed by atoms with van der Waals surface area (Å²) in [4.78, 5) is 11.1. The lowest BCUT2D eigenvalue weighted by atomic mass is 10.3. The van der Waals surface area contributed by atoms with Gasteiger partial charge in [0.25, 0.3) is 0 Å². The van der Waals surface area contributed by atoms with E-state index in [9.17, 15) is 13.6 Å². The second-order valence-electron chi connectivity index (χ2n) is 2.34. The molecule has 0 bridgehead atoms. The van der Waals surface area contributed by atoms with E-state index in [1.165, 1.54) is 11.9 Å². The molecule has 0 heterocycles. The molecule has 3 nitrogen and oxygen atoms in total. The van der Waals surface area contributed by atoms with Gasteiger partial charge in [0.1, 0.15) is 0 Å². The van der Waals surface area contributed by atoms with Crippen molar-refractivity contribution in [1.29, 1.82) is 0 Å². The Balaban J connectivity index is 4.01. The van der Waals surface area contributed by atoms with Crippen LogP contribution in [-0.2, 0) is 4.79 Å². The maximum Gasteiger partial charge on any atom is 0.375 e.